The molecule has 1 aromatic heterocycles. The molecular weight excluding hydrogens is 266 g/mol. The molecule has 16 heavy (non-hydrogen) atoms. The van der Waals surface area contributed by atoms with Gasteiger partial charge >= 0.3 is 0 Å². The van der Waals surface area contributed by atoms with E-state index in [-0.39, 0.29) is 11.5 Å². The van der Waals surface area contributed by atoms with Crippen LogP contribution in [-0.4, -0.2) is 26.3 Å². The molecule has 0 N–H and O–H groups in total. The highest BCUT2D eigenvalue weighted by Gasteiger charge is 2.15. The molecule has 0 radical (unpaired) electrons. The van der Waals surface area contributed by atoms with Gasteiger partial charge in [-0.25, -0.2) is 13.4 Å². The number of hydrogen-bond donors (Lipinski definition) is 1. The summed E-state index contributed by atoms with van der Waals surface area (Å²) in [6.07, 6.45) is 0. The number of rotatable bonds is 6. The Balaban J connectivity index is 2.90. The van der Waals surface area contributed by atoms with Crippen molar-refractivity contribution in [2.75, 3.05) is 12.9 Å². The zero-order valence-electron chi connectivity index (χ0n) is 9.26. The third-order valence-corrected chi connectivity index (χ3v) is 5.43. The minimum absolute atomic E-state index is 0.0126. The van der Waals surface area contributed by atoms with Crippen molar-refractivity contribution in [2.45, 2.75) is 25.0 Å². The van der Waals surface area contributed by atoms with Crippen molar-refractivity contribution < 1.29 is 13.2 Å². The molecule has 0 atom stereocenters. The molecule has 0 aromatic carbocycles. The smallest absolute Gasteiger partial charge is 0.156 e. The second kappa shape index (κ2) is 6.00. The van der Waals surface area contributed by atoms with E-state index in [9.17, 15) is 8.42 Å². The van der Waals surface area contributed by atoms with Gasteiger partial charge in [0.15, 0.2) is 9.84 Å². The van der Waals surface area contributed by atoms with Gasteiger partial charge in [-0.2, -0.15) is 12.6 Å². The Kier molecular flexibility index (Phi) is 5.23. The molecule has 0 aliphatic rings. The summed E-state index contributed by atoms with van der Waals surface area (Å²) in [5.74, 6) is 0.712. The molecule has 7 heteroatoms. The maximum Gasteiger partial charge on any atom is 0.156 e. The summed E-state index contributed by atoms with van der Waals surface area (Å²) < 4.78 is 27.9. The van der Waals surface area contributed by atoms with E-state index in [2.05, 4.69) is 17.6 Å². The largest absolute Gasteiger partial charge is 0.378 e. The van der Waals surface area contributed by atoms with Crippen LogP contribution in [0.15, 0.2) is 0 Å². The maximum atomic E-state index is 11.5. The fraction of sp³-hybridized carbons (Fsp3) is 0.667. The summed E-state index contributed by atoms with van der Waals surface area (Å²) in [4.78, 5) is 5.25. The Bertz CT molecular complexity index is 439. The molecule has 0 aliphatic carbocycles. The van der Waals surface area contributed by atoms with Gasteiger partial charge in [0.2, 0.25) is 0 Å². The molecule has 0 bridgehead atoms. The van der Waals surface area contributed by atoms with Crippen molar-refractivity contribution in [3.8, 4) is 0 Å². The highest BCUT2D eigenvalue weighted by atomic mass is 32.2. The molecule has 1 rings (SSSR count). The van der Waals surface area contributed by atoms with Crippen LogP contribution in [-0.2, 0) is 32.7 Å². The third-order valence-electron chi connectivity index (χ3n) is 2.03. The minimum Gasteiger partial charge on any atom is -0.378 e. The minimum atomic E-state index is -3.02. The van der Waals surface area contributed by atoms with Crippen LogP contribution in [0.2, 0.25) is 0 Å². The molecule has 0 spiro atoms. The van der Waals surface area contributed by atoms with Crippen molar-refractivity contribution in [3.63, 3.8) is 0 Å². The van der Waals surface area contributed by atoms with Crippen LogP contribution in [0.5, 0.6) is 0 Å². The average molecular weight is 281 g/mol. The zero-order chi connectivity index (χ0) is 12.2. The molecule has 1 aromatic rings. The predicted molar refractivity (Wildman–Crippen MR) is 68.7 cm³/mol. The molecular formula is C9H15NO3S3. The predicted octanol–water partition coefficient (Wildman–Crippen LogP) is 1.65. The first-order valence-electron chi connectivity index (χ1n) is 4.80. The first kappa shape index (κ1) is 14.0. The quantitative estimate of drug-likeness (QED) is 0.806. The number of ether oxygens (including phenoxy) is 1. The van der Waals surface area contributed by atoms with Gasteiger partial charge < -0.3 is 4.74 Å². The lowest BCUT2D eigenvalue weighted by Gasteiger charge is -1.96. The Morgan fingerprint density at radius 3 is 2.69 bits per heavy atom. The molecule has 0 saturated carbocycles. The second-order valence-corrected chi connectivity index (χ2v) is 7.08. The SMILES string of the molecule is CCS(=O)(=O)Cc1nc(COC)c(CS)s1. The van der Waals surface area contributed by atoms with E-state index in [1.54, 1.807) is 14.0 Å². The second-order valence-electron chi connectivity index (χ2n) is 3.25. The van der Waals surface area contributed by atoms with E-state index in [0.717, 1.165) is 10.6 Å². The van der Waals surface area contributed by atoms with E-state index in [4.69, 9.17) is 4.74 Å². The summed E-state index contributed by atoms with van der Waals surface area (Å²) in [6.45, 7) is 2.04. The van der Waals surface area contributed by atoms with Gasteiger partial charge in [-0.3, -0.25) is 0 Å². The molecule has 92 valence electrons. The fourth-order valence-electron chi connectivity index (χ4n) is 1.16. The molecule has 0 saturated heterocycles. The van der Waals surface area contributed by atoms with E-state index in [1.165, 1.54) is 11.3 Å². The van der Waals surface area contributed by atoms with E-state index in [0.29, 0.717) is 17.4 Å². The van der Waals surface area contributed by atoms with E-state index >= 15 is 0 Å². The average Bonchev–Trinajstić information content (AvgIpc) is 2.60. The summed E-state index contributed by atoms with van der Waals surface area (Å²) in [6, 6.07) is 0. The summed E-state index contributed by atoms with van der Waals surface area (Å²) in [5.41, 5.74) is 0.795. The molecule has 0 fully saturated rings. The van der Waals surface area contributed by atoms with E-state index < -0.39 is 9.84 Å². The highest BCUT2D eigenvalue weighted by Crippen LogP contribution is 2.23. The Morgan fingerprint density at radius 2 is 2.19 bits per heavy atom. The first-order valence-corrected chi connectivity index (χ1v) is 8.07. The van der Waals surface area contributed by atoms with Crippen LogP contribution >= 0.6 is 24.0 Å². The Hall–Kier alpha value is -0.110. The number of thiazole rings is 1. The van der Waals surface area contributed by atoms with Crippen molar-refractivity contribution in [1.82, 2.24) is 4.98 Å². The van der Waals surface area contributed by atoms with Gasteiger partial charge in [-0.15, -0.1) is 11.3 Å². The summed E-state index contributed by atoms with van der Waals surface area (Å²) in [5, 5.41) is 0.623. The van der Waals surface area contributed by atoms with Gasteiger partial charge in [0.05, 0.1) is 12.3 Å². The summed E-state index contributed by atoms with van der Waals surface area (Å²) >= 11 is 5.58. The Morgan fingerprint density at radius 1 is 1.50 bits per heavy atom. The van der Waals surface area contributed by atoms with Gasteiger partial charge in [-0.1, -0.05) is 6.92 Å². The lowest BCUT2D eigenvalue weighted by atomic mass is 10.4. The molecule has 0 unspecified atom stereocenters. The topological polar surface area (TPSA) is 56.3 Å². The lowest BCUT2D eigenvalue weighted by Crippen LogP contribution is -2.06. The molecule has 4 nitrogen and oxygen atoms in total. The van der Waals surface area contributed by atoms with Crippen molar-refractivity contribution >= 4 is 33.8 Å². The molecule has 0 amide bonds. The highest BCUT2D eigenvalue weighted by molar-refractivity contribution is 7.90. The number of nitrogens with zero attached hydrogens (tertiary/aromatic N) is 1. The van der Waals surface area contributed by atoms with Crippen molar-refractivity contribution in [2.24, 2.45) is 0 Å². The Labute approximate surface area is 105 Å². The fourth-order valence-corrected chi connectivity index (χ4v) is 3.68. The van der Waals surface area contributed by atoms with Gasteiger partial charge in [0.25, 0.3) is 0 Å². The maximum absolute atomic E-state index is 11.5. The van der Waals surface area contributed by atoms with Gasteiger partial charge in [0.1, 0.15) is 10.8 Å². The van der Waals surface area contributed by atoms with Crippen LogP contribution in [0.4, 0.5) is 0 Å². The number of hydrogen-bond acceptors (Lipinski definition) is 6. The number of sulfone groups is 1. The van der Waals surface area contributed by atoms with Crippen LogP contribution in [0.3, 0.4) is 0 Å². The van der Waals surface area contributed by atoms with Crippen molar-refractivity contribution in [1.29, 1.82) is 0 Å². The van der Waals surface area contributed by atoms with Crippen LogP contribution in [0.1, 0.15) is 22.5 Å². The monoisotopic (exact) mass is 281 g/mol. The standard InChI is InChI=1S/C9H15NO3S3/c1-3-16(11,12)6-9-10-7(4-13-2)8(5-14)15-9/h14H,3-6H2,1-2H3. The lowest BCUT2D eigenvalue weighted by molar-refractivity contribution is 0.181. The molecule has 1 heterocycles. The third kappa shape index (κ3) is 3.73. The zero-order valence-corrected chi connectivity index (χ0v) is 11.8. The first-order chi connectivity index (χ1) is 7.52. The van der Waals surface area contributed by atoms with Gasteiger partial charge in [0, 0.05) is 23.5 Å². The number of methoxy groups -OCH3 is 1. The summed E-state index contributed by atoms with van der Waals surface area (Å²) in [7, 11) is -1.43. The number of aromatic nitrogens is 1. The van der Waals surface area contributed by atoms with Crippen molar-refractivity contribution in [3.05, 3.63) is 15.6 Å². The number of thiol groups is 1. The normalized spacial score (nSPS) is 11.9. The van der Waals surface area contributed by atoms with Crippen LogP contribution < -0.4 is 0 Å². The van der Waals surface area contributed by atoms with Gasteiger partial charge in [-0.05, 0) is 0 Å². The van der Waals surface area contributed by atoms with Crippen LogP contribution in [0, 0.1) is 0 Å². The van der Waals surface area contributed by atoms with E-state index in [1.807, 2.05) is 0 Å². The molecule has 0 aliphatic heterocycles. The van der Waals surface area contributed by atoms with Crippen LogP contribution in [0.25, 0.3) is 0 Å².